The molecule has 22 heavy (non-hydrogen) atoms. The first kappa shape index (κ1) is 15.5. The molecule has 120 valence electrons. The van der Waals surface area contributed by atoms with E-state index in [0.717, 1.165) is 4.80 Å². The van der Waals surface area contributed by atoms with Crippen molar-refractivity contribution in [1.82, 2.24) is 15.0 Å². The van der Waals surface area contributed by atoms with E-state index in [9.17, 15) is 24.6 Å². The van der Waals surface area contributed by atoms with Crippen LogP contribution < -0.4 is 9.79 Å². The highest BCUT2D eigenvalue weighted by molar-refractivity contribution is 7.43. The first-order chi connectivity index (χ1) is 10.3. The molecule has 0 unspecified atom stereocenters. The number of aliphatic hydroxyl groups excluding tert-OH is 2. The second-order valence-corrected chi connectivity index (χ2v) is 5.95. The van der Waals surface area contributed by atoms with Crippen LogP contribution in [0.4, 0.5) is 0 Å². The molecule has 0 amide bonds. The Labute approximate surface area is 124 Å². The summed E-state index contributed by atoms with van der Waals surface area (Å²) in [6.45, 7) is -0.695. The summed E-state index contributed by atoms with van der Waals surface area (Å²) in [4.78, 5) is 22.0. The van der Waals surface area contributed by atoms with Crippen molar-refractivity contribution in [2.24, 2.45) is 0 Å². The molecule has 0 saturated carbocycles. The number of fused-ring (bicyclic) bond motifs is 1. The molecule has 1 aromatic carbocycles. The van der Waals surface area contributed by atoms with Crippen molar-refractivity contribution in [1.29, 1.82) is 0 Å². The van der Waals surface area contributed by atoms with Gasteiger partial charge in [-0.05, 0) is 12.1 Å². The Bertz CT molecular complexity index is 684. The smallest absolute Gasteiger partial charge is 0.198 e. The highest BCUT2D eigenvalue weighted by Gasteiger charge is 2.45. The van der Waals surface area contributed by atoms with Gasteiger partial charge in [0.15, 0.2) is 6.23 Å². The van der Waals surface area contributed by atoms with Gasteiger partial charge in [-0.3, -0.25) is 0 Å². The lowest BCUT2D eigenvalue weighted by molar-refractivity contribution is -0.343. The fourth-order valence-corrected chi connectivity index (χ4v) is 2.54. The first-order valence-electron chi connectivity index (χ1n) is 6.35. The maximum Gasteiger partial charge on any atom is 0.198 e. The number of hydrogen-bond donors (Lipinski definition) is 2. The molecule has 10 nitrogen and oxygen atoms in total. The summed E-state index contributed by atoms with van der Waals surface area (Å²) in [5.41, 5.74) is 1.13. The number of ether oxygens (including phenoxy) is 1. The summed E-state index contributed by atoms with van der Waals surface area (Å²) in [6.07, 6.45) is -5.14. The molecule has 2 N–H and O–H groups in total. The van der Waals surface area contributed by atoms with Crippen LogP contribution in [0.15, 0.2) is 24.3 Å². The standard InChI is InChI=1S/C11H14N3O7P/c15-9-8(5-20-22(17,18)19)21-11(10(9)16)14-12-6-3-1-2-4-7(6)13-14/h1-4,8-11,15-16H,5H2,(H2,17,18,19)/p-2/t8-,9-,10-,11-/m1/s1. The van der Waals surface area contributed by atoms with Crippen molar-refractivity contribution in [3.63, 3.8) is 0 Å². The van der Waals surface area contributed by atoms with Crippen molar-refractivity contribution >= 4 is 18.9 Å². The molecular formula is C11H12N3O7P-2. The van der Waals surface area contributed by atoms with Crippen LogP contribution in [0.1, 0.15) is 6.23 Å². The second-order valence-electron chi connectivity index (χ2n) is 4.80. The third-order valence-corrected chi connectivity index (χ3v) is 3.73. The Morgan fingerprint density at radius 3 is 2.36 bits per heavy atom. The van der Waals surface area contributed by atoms with E-state index >= 15 is 0 Å². The van der Waals surface area contributed by atoms with Gasteiger partial charge in [-0.15, -0.1) is 0 Å². The van der Waals surface area contributed by atoms with Gasteiger partial charge in [-0.2, -0.15) is 15.0 Å². The summed E-state index contributed by atoms with van der Waals surface area (Å²) >= 11 is 0. The number of hydrogen-bond acceptors (Lipinski definition) is 9. The van der Waals surface area contributed by atoms with E-state index < -0.39 is 39.0 Å². The Morgan fingerprint density at radius 2 is 1.82 bits per heavy atom. The van der Waals surface area contributed by atoms with Crippen molar-refractivity contribution in [2.75, 3.05) is 6.61 Å². The molecule has 2 aromatic rings. The molecule has 4 atom stereocenters. The van der Waals surface area contributed by atoms with Crippen molar-refractivity contribution < 1.29 is 33.8 Å². The topological polar surface area (TPSA) is 153 Å². The molecule has 0 radical (unpaired) electrons. The van der Waals surface area contributed by atoms with Crippen LogP contribution in [0, 0.1) is 0 Å². The molecule has 0 aliphatic carbocycles. The zero-order valence-electron chi connectivity index (χ0n) is 11.1. The molecule has 1 aromatic heterocycles. The normalized spacial score (nSPS) is 29.3. The number of aliphatic hydroxyl groups is 2. The van der Waals surface area contributed by atoms with Gasteiger partial charge in [-0.25, -0.2) is 0 Å². The molecule has 3 rings (SSSR count). The van der Waals surface area contributed by atoms with Crippen LogP contribution in [0.2, 0.25) is 0 Å². The molecule has 1 fully saturated rings. The van der Waals surface area contributed by atoms with Gasteiger partial charge in [0.25, 0.3) is 0 Å². The van der Waals surface area contributed by atoms with E-state index in [-0.39, 0.29) is 0 Å². The summed E-state index contributed by atoms with van der Waals surface area (Å²) in [5, 5.41) is 28.0. The highest BCUT2D eigenvalue weighted by atomic mass is 31.2. The monoisotopic (exact) mass is 329 g/mol. The number of rotatable bonds is 4. The van der Waals surface area contributed by atoms with Crippen molar-refractivity contribution in [2.45, 2.75) is 24.5 Å². The number of nitrogens with zero attached hydrogens (tertiary/aromatic N) is 3. The Balaban J connectivity index is 1.78. The summed E-state index contributed by atoms with van der Waals surface area (Å²) in [7, 11) is -5.19. The Morgan fingerprint density at radius 1 is 1.23 bits per heavy atom. The zero-order valence-corrected chi connectivity index (χ0v) is 11.9. The second kappa shape index (κ2) is 5.67. The van der Waals surface area contributed by atoms with E-state index in [2.05, 4.69) is 14.7 Å². The third kappa shape index (κ3) is 3.03. The van der Waals surface area contributed by atoms with Crippen molar-refractivity contribution in [3.05, 3.63) is 24.3 Å². The van der Waals surface area contributed by atoms with E-state index in [4.69, 9.17) is 4.74 Å². The molecule has 0 bridgehead atoms. The van der Waals surface area contributed by atoms with Gasteiger partial charge in [-0.1, -0.05) is 12.1 Å². The fourth-order valence-electron chi connectivity index (χ4n) is 2.21. The van der Waals surface area contributed by atoms with Crippen LogP contribution in [0.25, 0.3) is 11.0 Å². The van der Waals surface area contributed by atoms with E-state index in [1.165, 1.54) is 0 Å². The molecule has 1 aliphatic heterocycles. The largest absolute Gasteiger partial charge is 0.790 e. The molecule has 1 saturated heterocycles. The molecule has 1 aliphatic rings. The molecule has 2 heterocycles. The van der Waals surface area contributed by atoms with E-state index in [0.29, 0.717) is 11.0 Å². The van der Waals surface area contributed by atoms with Gasteiger partial charge < -0.3 is 33.8 Å². The minimum Gasteiger partial charge on any atom is -0.790 e. The average Bonchev–Trinajstić information content (AvgIpc) is 2.99. The van der Waals surface area contributed by atoms with E-state index in [1.807, 2.05) is 0 Å². The SMILES string of the molecule is O=P([O-])([O-])OC[C@H]1O[C@@H](n2nc3ccccc3n2)[C@H](O)[C@@H]1O. The average molecular weight is 329 g/mol. The van der Waals surface area contributed by atoms with Crippen LogP contribution in [0.5, 0.6) is 0 Å². The van der Waals surface area contributed by atoms with Crippen LogP contribution in [-0.4, -0.2) is 50.1 Å². The third-order valence-electron chi connectivity index (χ3n) is 3.26. The Kier molecular flexibility index (Phi) is 4.00. The lowest BCUT2D eigenvalue weighted by Gasteiger charge is -2.30. The van der Waals surface area contributed by atoms with Crippen LogP contribution in [-0.2, 0) is 13.8 Å². The number of aromatic nitrogens is 3. The fraction of sp³-hybridized carbons (Fsp3) is 0.455. The van der Waals surface area contributed by atoms with Crippen LogP contribution >= 0.6 is 7.82 Å². The quantitative estimate of drug-likeness (QED) is 0.600. The van der Waals surface area contributed by atoms with Gasteiger partial charge in [0.1, 0.15) is 29.3 Å². The lowest BCUT2D eigenvalue weighted by Crippen LogP contribution is -2.34. The summed E-state index contributed by atoms with van der Waals surface area (Å²) in [5.74, 6) is 0. The number of phosphoric ester groups is 1. The minimum atomic E-state index is -5.19. The van der Waals surface area contributed by atoms with Crippen molar-refractivity contribution in [3.8, 4) is 0 Å². The van der Waals surface area contributed by atoms with Gasteiger partial charge >= 0.3 is 0 Å². The highest BCUT2D eigenvalue weighted by Crippen LogP contribution is 2.32. The van der Waals surface area contributed by atoms with Gasteiger partial charge in [0.05, 0.1) is 14.4 Å². The van der Waals surface area contributed by atoms with Gasteiger partial charge in [0, 0.05) is 0 Å². The summed E-state index contributed by atoms with van der Waals surface area (Å²) in [6, 6.07) is 6.95. The summed E-state index contributed by atoms with van der Waals surface area (Å²) < 4.78 is 19.8. The lowest BCUT2D eigenvalue weighted by atomic mass is 10.1. The number of benzene rings is 1. The first-order valence-corrected chi connectivity index (χ1v) is 7.81. The minimum absolute atomic E-state index is 0.566. The predicted octanol–water partition coefficient (Wildman–Crippen LogP) is -2.10. The maximum atomic E-state index is 10.5. The predicted molar refractivity (Wildman–Crippen MR) is 67.0 cm³/mol. The molecular weight excluding hydrogens is 317 g/mol. The Hall–Kier alpha value is -1.39. The zero-order chi connectivity index (χ0) is 15.9. The molecule has 0 spiro atoms. The number of phosphoric acid groups is 1. The van der Waals surface area contributed by atoms with Gasteiger partial charge in [0.2, 0.25) is 0 Å². The van der Waals surface area contributed by atoms with E-state index in [1.54, 1.807) is 24.3 Å². The maximum absolute atomic E-state index is 10.5. The molecule has 11 heteroatoms. The van der Waals surface area contributed by atoms with Crippen LogP contribution in [0.3, 0.4) is 0 Å².